The highest BCUT2D eigenvalue weighted by molar-refractivity contribution is 7.89. The first-order chi connectivity index (χ1) is 13.9. The van der Waals surface area contributed by atoms with Gasteiger partial charge in [0.15, 0.2) is 0 Å². The zero-order valence-corrected chi connectivity index (χ0v) is 17.9. The molecular formula is C20H24F3N3O3S. The lowest BCUT2D eigenvalue weighted by Crippen LogP contribution is -2.30. The third kappa shape index (κ3) is 5.11. The Kier molecular flexibility index (Phi) is 7.14. The molecule has 0 spiro atoms. The van der Waals surface area contributed by atoms with Crippen molar-refractivity contribution < 1.29 is 26.4 Å². The average Bonchev–Trinajstić information content (AvgIpc) is 2.67. The van der Waals surface area contributed by atoms with Crippen LogP contribution in [0.15, 0.2) is 47.4 Å². The number of sulfonamides is 1. The van der Waals surface area contributed by atoms with Crippen molar-refractivity contribution in [2.75, 3.05) is 37.4 Å². The van der Waals surface area contributed by atoms with Gasteiger partial charge in [0.05, 0.1) is 21.8 Å². The number of hydrogen-bond donors (Lipinski definition) is 1. The monoisotopic (exact) mass is 443 g/mol. The van der Waals surface area contributed by atoms with Crippen LogP contribution in [0.2, 0.25) is 0 Å². The second-order valence-electron chi connectivity index (χ2n) is 6.69. The topological polar surface area (TPSA) is 69.7 Å². The average molecular weight is 443 g/mol. The number of hydrogen-bond acceptors (Lipinski definition) is 4. The summed E-state index contributed by atoms with van der Waals surface area (Å²) in [6.45, 7) is 4.04. The number of halogens is 3. The van der Waals surface area contributed by atoms with E-state index < -0.39 is 27.7 Å². The van der Waals surface area contributed by atoms with Crippen LogP contribution in [0.5, 0.6) is 0 Å². The van der Waals surface area contributed by atoms with Gasteiger partial charge >= 0.3 is 6.18 Å². The number of nitrogens with zero attached hydrogens (tertiary/aromatic N) is 2. The summed E-state index contributed by atoms with van der Waals surface area (Å²) in [6.07, 6.45) is -4.50. The van der Waals surface area contributed by atoms with Gasteiger partial charge in [0.25, 0.3) is 5.91 Å². The van der Waals surface area contributed by atoms with Gasteiger partial charge in [-0.2, -0.15) is 17.5 Å². The molecule has 164 valence electrons. The highest BCUT2D eigenvalue weighted by atomic mass is 32.2. The van der Waals surface area contributed by atoms with E-state index in [0.717, 1.165) is 24.3 Å². The Bertz CT molecular complexity index is 1000. The maximum atomic E-state index is 12.8. The molecule has 0 atom stereocenters. The van der Waals surface area contributed by atoms with Crippen LogP contribution in [0, 0.1) is 0 Å². The van der Waals surface area contributed by atoms with Crippen molar-refractivity contribution in [3.05, 3.63) is 53.6 Å². The molecule has 1 N–H and O–H groups in total. The van der Waals surface area contributed by atoms with Crippen LogP contribution in [0.1, 0.15) is 29.8 Å². The highest BCUT2D eigenvalue weighted by Gasteiger charge is 2.30. The molecule has 0 aromatic heterocycles. The first kappa shape index (κ1) is 23.7. The lowest BCUT2D eigenvalue weighted by atomic mass is 10.1. The van der Waals surface area contributed by atoms with Gasteiger partial charge in [-0.25, -0.2) is 8.42 Å². The van der Waals surface area contributed by atoms with Gasteiger partial charge in [0.2, 0.25) is 10.0 Å². The van der Waals surface area contributed by atoms with E-state index >= 15 is 0 Å². The molecule has 0 saturated carbocycles. The van der Waals surface area contributed by atoms with Crippen LogP contribution in [-0.4, -0.2) is 45.8 Å². The molecule has 0 bridgehead atoms. The molecule has 10 heteroatoms. The standard InChI is InChI=1S/C20H24F3N3O3S/c1-5-26(6-2)30(28,29)16-11-12-18(25(3)4)17(13-16)24-19(27)14-7-9-15(10-8-14)20(21,22)23/h7-13H,5-6H2,1-4H3,(H,24,27). The molecule has 0 aliphatic carbocycles. The fourth-order valence-corrected chi connectivity index (χ4v) is 4.37. The van der Waals surface area contributed by atoms with Crippen molar-refractivity contribution in [3.8, 4) is 0 Å². The molecule has 2 rings (SSSR count). The summed E-state index contributed by atoms with van der Waals surface area (Å²) in [5, 5.41) is 2.61. The fourth-order valence-electron chi connectivity index (χ4n) is 2.88. The molecule has 0 aliphatic heterocycles. The Morgan fingerprint density at radius 1 is 1.00 bits per heavy atom. The van der Waals surface area contributed by atoms with Crippen molar-refractivity contribution >= 4 is 27.3 Å². The second-order valence-corrected chi connectivity index (χ2v) is 8.63. The third-order valence-corrected chi connectivity index (χ3v) is 6.56. The van der Waals surface area contributed by atoms with Crippen molar-refractivity contribution in [2.45, 2.75) is 24.9 Å². The SMILES string of the molecule is CCN(CC)S(=O)(=O)c1ccc(N(C)C)c(NC(=O)c2ccc(C(F)(F)F)cc2)c1. The summed E-state index contributed by atoms with van der Waals surface area (Å²) < 4.78 is 65.1. The lowest BCUT2D eigenvalue weighted by Gasteiger charge is -2.22. The van der Waals surface area contributed by atoms with E-state index in [1.54, 1.807) is 38.9 Å². The van der Waals surface area contributed by atoms with Crippen molar-refractivity contribution in [2.24, 2.45) is 0 Å². The first-order valence-corrected chi connectivity index (χ1v) is 10.7. The van der Waals surface area contributed by atoms with Crippen molar-refractivity contribution in [3.63, 3.8) is 0 Å². The number of amides is 1. The summed E-state index contributed by atoms with van der Waals surface area (Å²) in [7, 11) is -0.302. The molecule has 0 aliphatic rings. The summed E-state index contributed by atoms with van der Waals surface area (Å²) in [5.41, 5.74) is -0.0584. The summed E-state index contributed by atoms with van der Waals surface area (Å²) in [6, 6.07) is 8.17. The Balaban J connectivity index is 2.41. The van der Waals surface area contributed by atoms with E-state index in [2.05, 4.69) is 5.32 Å². The predicted octanol–water partition coefficient (Wildman–Crippen LogP) is 4.05. The quantitative estimate of drug-likeness (QED) is 0.701. The van der Waals surface area contributed by atoms with E-state index in [1.807, 2.05) is 0 Å². The second kappa shape index (κ2) is 9.05. The number of benzene rings is 2. The highest BCUT2D eigenvalue weighted by Crippen LogP contribution is 2.31. The Morgan fingerprint density at radius 3 is 2.03 bits per heavy atom. The van der Waals surface area contributed by atoms with E-state index in [-0.39, 0.29) is 16.1 Å². The normalized spacial score (nSPS) is 12.1. The van der Waals surface area contributed by atoms with Gasteiger partial charge in [-0.15, -0.1) is 0 Å². The van der Waals surface area contributed by atoms with Crippen LogP contribution in [0.4, 0.5) is 24.5 Å². The van der Waals surface area contributed by atoms with E-state index in [4.69, 9.17) is 0 Å². The Morgan fingerprint density at radius 2 is 1.57 bits per heavy atom. The Labute approximate surface area is 174 Å². The lowest BCUT2D eigenvalue weighted by molar-refractivity contribution is -0.137. The largest absolute Gasteiger partial charge is 0.416 e. The van der Waals surface area contributed by atoms with Crippen LogP contribution in [-0.2, 0) is 16.2 Å². The minimum atomic E-state index is -4.50. The summed E-state index contributed by atoms with van der Waals surface area (Å²) in [5.74, 6) is -0.649. The third-order valence-electron chi connectivity index (χ3n) is 4.52. The van der Waals surface area contributed by atoms with Crippen molar-refractivity contribution in [1.82, 2.24) is 4.31 Å². The molecule has 0 fully saturated rings. The minimum absolute atomic E-state index is 0.0134. The van der Waals surface area contributed by atoms with Gasteiger partial charge < -0.3 is 10.2 Å². The zero-order chi connectivity index (χ0) is 22.7. The predicted molar refractivity (Wildman–Crippen MR) is 110 cm³/mol. The van der Waals surface area contributed by atoms with E-state index in [0.29, 0.717) is 18.8 Å². The number of carbonyl (C=O) groups is 1. The van der Waals surface area contributed by atoms with E-state index in [9.17, 15) is 26.4 Å². The molecule has 0 heterocycles. The number of alkyl halides is 3. The molecule has 6 nitrogen and oxygen atoms in total. The zero-order valence-electron chi connectivity index (χ0n) is 17.1. The van der Waals surface area contributed by atoms with Gasteiger partial charge in [-0.3, -0.25) is 4.79 Å². The van der Waals surface area contributed by atoms with Gasteiger partial charge in [0.1, 0.15) is 0 Å². The molecule has 0 unspecified atom stereocenters. The van der Waals surface area contributed by atoms with Gasteiger partial charge in [-0.1, -0.05) is 13.8 Å². The number of carbonyl (C=O) groups excluding carboxylic acids is 1. The fraction of sp³-hybridized carbons (Fsp3) is 0.350. The van der Waals surface area contributed by atoms with Crippen LogP contribution in [0.3, 0.4) is 0 Å². The Hall–Kier alpha value is -2.59. The molecule has 0 radical (unpaired) electrons. The van der Waals surface area contributed by atoms with Gasteiger partial charge in [-0.05, 0) is 42.5 Å². The number of anilines is 2. The van der Waals surface area contributed by atoms with Crippen LogP contribution < -0.4 is 10.2 Å². The molecule has 2 aromatic rings. The number of nitrogens with one attached hydrogen (secondary N) is 1. The molecular weight excluding hydrogens is 419 g/mol. The maximum absolute atomic E-state index is 12.8. The summed E-state index contributed by atoms with van der Waals surface area (Å²) >= 11 is 0. The first-order valence-electron chi connectivity index (χ1n) is 9.22. The molecule has 0 saturated heterocycles. The minimum Gasteiger partial charge on any atom is -0.376 e. The van der Waals surface area contributed by atoms with Crippen LogP contribution >= 0.6 is 0 Å². The molecule has 1 amide bonds. The molecule has 2 aromatic carbocycles. The van der Waals surface area contributed by atoms with Crippen LogP contribution in [0.25, 0.3) is 0 Å². The summed E-state index contributed by atoms with van der Waals surface area (Å²) in [4.78, 5) is 14.3. The van der Waals surface area contributed by atoms with Crippen molar-refractivity contribution in [1.29, 1.82) is 0 Å². The molecule has 30 heavy (non-hydrogen) atoms. The van der Waals surface area contributed by atoms with Gasteiger partial charge in [0, 0.05) is 32.7 Å². The maximum Gasteiger partial charge on any atom is 0.416 e. The number of rotatable bonds is 7. The van der Waals surface area contributed by atoms with E-state index in [1.165, 1.54) is 16.4 Å². The smallest absolute Gasteiger partial charge is 0.376 e.